The minimum atomic E-state index is -4.21. The highest BCUT2D eigenvalue weighted by Gasteiger charge is 2.43. The molecule has 3 N–H and O–H groups in total. The molecule has 0 saturated carbocycles. The molecular weight excluding hydrogens is 239 g/mol. The molecule has 0 bridgehead atoms. The largest absolute Gasteiger partial charge is 0.389 e. The molecule has 0 saturated heterocycles. The summed E-state index contributed by atoms with van der Waals surface area (Å²) in [6.45, 7) is 9.49. The summed E-state index contributed by atoms with van der Waals surface area (Å²) >= 11 is 0. The van der Waals surface area contributed by atoms with Gasteiger partial charge in [0.05, 0.1) is 11.3 Å². The van der Waals surface area contributed by atoms with Crippen LogP contribution in [-0.4, -0.2) is 26.2 Å². The Bertz CT molecular complexity index is 221. The molecule has 4 nitrogen and oxygen atoms in total. The van der Waals surface area contributed by atoms with Crippen LogP contribution >= 0.6 is 7.60 Å². The van der Waals surface area contributed by atoms with E-state index in [1.807, 2.05) is 20.8 Å². The number of hydrogen-bond acceptors (Lipinski definition) is 2. The maximum absolute atomic E-state index is 11.3. The van der Waals surface area contributed by atoms with Crippen LogP contribution in [0.25, 0.3) is 0 Å². The van der Waals surface area contributed by atoms with Gasteiger partial charge in [-0.05, 0) is 19.3 Å². The molecule has 0 spiro atoms. The van der Waals surface area contributed by atoms with E-state index in [1.54, 1.807) is 13.8 Å². The molecule has 1 unspecified atom stereocenters. The zero-order valence-electron chi connectivity index (χ0n) is 11.8. The molecule has 0 radical (unpaired) electrons. The standard InChI is InChI=1S/C10H23O4P.C2H6/c1-4-7-8-9(15(12,13)14)10(11,5-2)6-3;1-2/h9,11H,4-8H2,1-3H3,(H2,12,13,14);1-2H3. The van der Waals surface area contributed by atoms with E-state index in [-0.39, 0.29) is 0 Å². The normalized spacial score (nSPS) is 13.9. The van der Waals surface area contributed by atoms with E-state index in [4.69, 9.17) is 0 Å². The van der Waals surface area contributed by atoms with Crippen molar-refractivity contribution < 1.29 is 19.5 Å². The van der Waals surface area contributed by atoms with Crippen LogP contribution < -0.4 is 0 Å². The minimum Gasteiger partial charge on any atom is -0.389 e. The Morgan fingerprint density at radius 2 is 1.53 bits per heavy atom. The van der Waals surface area contributed by atoms with Crippen LogP contribution in [-0.2, 0) is 4.57 Å². The lowest BCUT2D eigenvalue weighted by Crippen LogP contribution is -2.41. The van der Waals surface area contributed by atoms with E-state index in [2.05, 4.69) is 0 Å². The van der Waals surface area contributed by atoms with Gasteiger partial charge in [0.25, 0.3) is 0 Å². The molecule has 17 heavy (non-hydrogen) atoms. The molecule has 0 fully saturated rings. The fourth-order valence-electron chi connectivity index (χ4n) is 1.87. The van der Waals surface area contributed by atoms with Crippen molar-refractivity contribution in [3.63, 3.8) is 0 Å². The van der Waals surface area contributed by atoms with Crippen molar-refractivity contribution >= 4 is 7.60 Å². The van der Waals surface area contributed by atoms with Crippen molar-refractivity contribution in [1.29, 1.82) is 0 Å². The lowest BCUT2D eigenvalue weighted by molar-refractivity contribution is 0.0182. The maximum atomic E-state index is 11.3. The summed E-state index contributed by atoms with van der Waals surface area (Å²) in [5.41, 5.74) is -2.14. The van der Waals surface area contributed by atoms with E-state index in [1.165, 1.54) is 0 Å². The second-order valence-electron chi connectivity index (χ2n) is 4.06. The highest BCUT2D eigenvalue weighted by molar-refractivity contribution is 7.52. The molecule has 0 rings (SSSR count). The first kappa shape index (κ1) is 19.4. The van der Waals surface area contributed by atoms with Crippen molar-refractivity contribution in [3.8, 4) is 0 Å². The van der Waals surface area contributed by atoms with Gasteiger partial charge in [0, 0.05) is 0 Å². The van der Waals surface area contributed by atoms with Gasteiger partial charge in [-0.3, -0.25) is 4.57 Å². The quantitative estimate of drug-likeness (QED) is 0.619. The van der Waals surface area contributed by atoms with Crippen LogP contribution in [0.15, 0.2) is 0 Å². The Morgan fingerprint density at radius 1 is 1.12 bits per heavy atom. The molecule has 0 heterocycles. The Labute approximate surface area is 106 Å². The summed E-state index contributed by atoms with van der Waals surface area (Å²) in [7, 11) is -4.21. The third-order valence-electron chi connectivity index (χ3n) is 3.08. The summed E-state index contributed by atoms with van der Waals surface area (Å²) in [5.74, 6) is 0. The van der Waals surface area contributed by atoms with Crippen LogP contribution in [0.5, 0.6) is 0 Å². The van der Waals surface area contributed by atoms with E-state index >= 15 is 0 Å². The second kappa shape index (κ2) is 9.09. The van der Waals surface area contributed by atoms with Gasteiger partial charge in [0.15, 0.2) is 0 Å². The first-order valence-electron chi connectivity index (χ1n) is 6.59. The average molecular weight is 268 g/mol. The highest BCUT2D eigenvalue weighted by atomic mass is 31.2. The molecule has 1 atom stereocenters. The second-order valence-corrected chi connectivity index (χ2v) is 5.86. The predicted octanol–water partition coefficient (Wildman–Crippen LogP) is 3.30. The number of rotatable bonds is 7. The van der Waals surface area contributed by atoms with Crippen molar-refractivity contribution in [3.05, 3.63) is 0 Å². The lowest BCUT2D eigenvalue weighted by atomic mass is 9.90. The van der Waals surface area contributed by atoms with Gasteiger partial charge in [0.1, 0.15) is 0 Å². The molecule has 0 aromatic rings. The average Bonchev–Trinajstić information content (AvgIpc) is 2.30. The van der Waals surface area contributed by atoms with Crippen molar-refractivity contribution in [2.75, 3.05) is 0 Å². The van der Waals surface area contributed by atoms with Gasteiger partial charge in [-0.1, -0.05) is 47.5 Å². The zero-order valence-corrected chi connectivity index (χ0v) is 12.7. The molecule has 106 valence electrons. The van der Waals surface area contributed by atoms with Crippen molar-refractivity contribution in [2.24, 2.45) is 0 Å². The smallest absolute Gasteiger partial charge is 0.331 e. The maximum Gasteiger partial charge on any atom is 0.331 e. The van der Waals surface area contributed by atoms with E-state index < -0.39 is 18.9 Å². The predicted molar refractivity (Wildman–Crippen MR) is 72.2 cm³/mol. The van der Waals surface area contributed by atoms with Gasteiger partial charge < -0.3 is 14.9 Å². The molecular formula is C12H29O4P. The third kappa shape index (κ3) is 6.56. The third-order valence-corrected chi connectivity index (χ3v) is 4.63. The topological polar surface area (TPSA) is 77.8 Å². The summed E-state index contributed by atoms with van der Waals surface area (Å²) in [5, 5.41) is 10.2. The van der Waals surface area contributed by atoms with E-state index in [0.717, 1.165) is 12.8 Å². The molecule has 5 heteroatoms. The fraction of sp³-hybridized carbons (Fsp3) is 1.00. The Balaban J connectivity index is 0. The molecule has 0 aliphatic heterocycles. The Morgan fingerprint density at radius 3 is 1.76 bits per heavy atom. The highest BCUT2D eigenvalue weighted by Crippen LogP contribution is 2.50. The molecule has 0 aromatic heterocycles. The van der Waals surface area contributed by atoms with Gasteiger partial charge in [-0.15, -0.1) is 0 Å². The number of hydrogen-bond donors (Lipinski definition) is 3. The summed E-state index contributed by atoms with van der Waals surface area (Å²) in [6.07, 6.45) is 2.75. The Hall–Kier alpha value is 0.110. The summed E-state index contributed by atoms with van der Waals surface area (Å²) < 4.78 is 11.3. The Kier molecular flexibility index (Phi) is 10.4. The summed E-state index contributed by atoms with van der Waals surface area (Å²) in [6, 6.07) is 0. The van der Waals surface area contributed by atoms with Gasteiger partial charge in [-0.2, -0.15) is 0 Å². The first-order valence-corrected chi connectivity index (χ1v) is 8.27. The number of aliphatic hydroxyl groups is 1. The fourth-order valence-corrected chi connectivity index (χ4v) is 3.38. The minimum absolute atomic E-state index is 0.378. The number of unbranched alkanes of at least 4 members (excludes halogenated alkanes) is 1. The molecule has 0 aromatic carbocycles. The molecule has 0 amide bonds. The van der Waals surface area contributed by atoms with Crippen molar-refractivity contribution in [2.45, 2.75) is 78.0 Å². The van der Waals surface area contributed by atoms with Crippen LogP contribution in [0.1, 0.15) is 66.7 Å². The van der Waals surface area contributed by atoms with Crippen molar-refractivity contribution in [1.82, 2.24) is 0 Å². The molecule has 0 aliphatic carbocycles. The summed E-state index contributed by atoms with van der Waals surface area (Å²) in [4.78, 5) is 18.5. The van der Waals surface area contributed by atoms with Gasteiger partial charge in [-0.25, -0.2) is 0 Å². The zero-order chi connectivity index (χ0) is 14.1. The van der Waals surface area contributed by atoms with Crippen LogP contribution in [0.4, 0.5) is 0 Å². The van der Waals surface area contributed by atoms with E-state index in [0.29, 0.717) is 19.3 Å². The van der Waals surface area contributed by atoms with Crippen LogP contribution in [0, 0.1) is 0 Å². The van der Waals surface area contributed by atoms with E-state index in [9.17, 15) is 19.5 Å². The lowest BCUT2D eigenvalue weighted by Gasteiger charge is -2.35. The van der Waals surface area contributed by atoms with Crippen LogP contribution in [0.3, 0.4) is 0 Å². The monoisotopic (exact) mass is 268 g/mol. The van der Waals surface area contributed by atoms with Gasteiger partial charge in [0.2, 0.25) is 0 Å². The first-order chi connectivity index (χ1) is 7.81. The molecule has 0 aliphatic rings. The van der Waals surface area contributed by atoms with Gasteiger partial charge >= 0.3 is 7.60 Å². The van der Waals surface area contributed by atoms with Crippen LogP contribution in [0.2, 0.25) is 0 Å². The SMILES string of the molecule is CC.CCCCC(C(O)(CC)CC)P(=O)(O)O.